The van der Waals surface area contributed by atoms with Gasteiger partial charge in [0.2, 0.25) is 0 Å². The zero-order chi connectivity index (χ0) is 20.9. The molecule has 0 saturated heterocycles. The van der Waals surface area contributed by atoms with Gasteiger partial charge >= 0.3 is 5.69 Å². The molecule has 0 spiro atoms. The minimum Gasteiger partial charge on any atom is -0.321 e. The molecule has 29 heavy (non-hydrogen) atoms. The number of anilines is 1. The van der Waals surface area contributed by atoms with Crippen LogP contribution in [0.1, 0.15) is 21.6 Å². The van der Waals surface area contributed by atoms with Crippen LogP contribution in [0.4, 0.5) is 5.69 Å². The highest BCUT2D eigenvalue weighted by Gasteiger charge is 2.15. The Hall–Kier alpha value is -3.81. The molecule has 4 aromatic rings. The fraction of sp³-hybridized carbons (Fsp3) is 0.190. The zero-order valence-electron chi connectivity index (χ0n) is 16.5. The third kappa shape index (κ3) is 3.08. The summed E-state index contributed by atoms with van der Waals surface area (Å²) < 4.78 is 2.30. The number of amides is 1. The molecule has 0 aliphatic heterocycles. The topological polar surface area (TPSA) is 98.9 Å². The summed E-state index contributed by atoms with van der Waals surface area (Å²) in [6.07, 6.45) is 1.42. The zero-order valence-corrected chi connectivity index (χ0v) is 16.5. The smallest absolute Gasteiger partial charge is 0.321 e. The van der Waals surface area contributed by atoms with Crippen LogP contribution in [0, 0.1) is 13.8 Å². The van der Waals surface area contributed by atoms with Crippen LogP contribution in [0.5, 0.6) is 0 Å². The van der Waals surface area contributed by atoms with Gasteiger partial charge < -0.3 is 5.32 Å². The maximum atomic E-state index is 12.9. The lowest BCUT2D eigenvalue weighted by atomic mass is 10.1. The first kappa shape index (κ1) is 18.5. The molecule has 0 fully saturated rings. The number of hydrogen-bond donors (Lipinski definition) is 1. The van der Waals surface area contributed by atoms with Crippen molar-refractivity contribution in [1.29, 1.82) is 0 Å². The van der Waals surface area contributed by atoms with Gasteiger partial charge in [0.05, 0.1) is 34.0 Å². The van der Waals surface area contributed by atoms with Crippen LogP contribution >= 0.6 is 0 Å². The fourth-order valence-corrected chi connectivity index (χ4v) is 3.35. The van der Waals surface area contributed by atoms with Gasteiger partial charge in [-0.25, -0.2) is 9.78 Å². The summed E-state index contributed by atoms with van der Waals surface area (Å²) >= 11 is 0. The number of aromatic nitrogens is 4. The van der Waals surface area contributed by atoms with E-state index in [2.05, 4.69) is 15.3 Å². The summed E-state index contributed by atoms with van der Waals surface area (Å²) in [6, 6.07) is 9.20. The van der Waals surface area contributed by atoms with E-state index in [-0.39, 0.29) is 16.9 Å². The number of nitrogens with one attached hydrogen (secondary N) is 1. The maximum Gasteiger partial charge on any atom is 0.332 e. The Bertz CT molecular complexity index is 1430. The Balaban J connectivity index is 1.76. The third-order valence-corrected chi connectivity index (χ3v) is 4.96. The number of carbonyl (C=O) groups is 1. The molecule has 1 N–H and O–H groups in total. The van der Waals surface area contributed by atoms with Crippen LogP contribution < -0.4 is 16.6 Å². The van der Waals surface area contributed by atoms with Gasteiger partial charge in [-0.15, -0.1) is 0 Å². The van der Waals surface area contributed by atoms with E-state index >= 15 is 0 Å². The minimum absolute atomic E-state index is 0.247. The molecule has 1 aromatic carbocycles. The fourth-order valence-electron chi connectivity index (χ4n) is 3.35. The molecule has 0 aliphatic rings. The van der Waals surface area contributed by atoms with Crippen molar-refractivity contribution in [3.05, 3.63) is 74.2 Å². The van der Waals surface area contributed by atoms with Crippen molar-refractivity contribution in [3.63, 3.8) is 0 Å². The van der Waals surface area contributed by atoms with E-state index in [0.29, 0.717) is 16.9 Å². The van der Waals surface area contributed by atoms with Gasteiger partial charge in [0.1, 0.15) is 5.65 Å². The second kappa shape index (κ2) is 6.66. The van der Waals surface area contributed by atoms with Crippen molar-refractivity contribution in [1.82, 2.24) is 19.1 Å². The molecule has 1 amide bonds. The lowest BCUT2D eigenvalue weighted by Crippen LogP contribution is -2.37. The highest BCUT2D eigenvalue weighted by atomic mass is 16.2. The lowest BCUT2D eigenvalue weighted by Gasteiger charge is -2.11. The van der Waals surface area contributed by atoms with E-state index in [1.807, 2.05) is 25.1 Å². The predicted molar refractivity (Wildman–Crippen MR) is 111 cm³/mol. The molecule has 0 bridgehead atoms. The number of pyridine rings is 2. The summed E-state index contributed by atoms with van der Waals surface area (Å²) in [4.78, 5) is 46.0. The average molecular weight is 389 g/mol. The number of nitrogens with zero attached hydrogens (tertiary/aromatic N) is 4. The summed E-state index contributed by atoms with van der Waals surface area (Å²) in [6.45, 7) is 3.76. The standard InChI is InChI=1S/C21H19N5O3/c1-11-5-6-17-13(7-11)8-15(12(2)23-17)19(27)24-14-9-16-18(22-10-14)25(3)21(29)26(4)20(16)28/h5-10H,1-4H3,(H,24,27). The van der Waals surface area contributed by atoms with Gasteiger partial charge in [0, 0.05) is 19.5 Å². The van der Waals surface area contributed by atoms with Crippen molar-refractivity contribution in [2.75, 3.05) is 5.32 Å². The molecule has 3 aromatic heterocycles. The second-order valence-electron chi connectivity index (χ2n) is 7.07. The van der Waals surface area contributed by atoms with Crippen molar-refractivity contribution in [2.24, 2.45) is 14.1 Å². The van der Waals surface area contributed by atoms with Gasteiger partial charge in [-0.05, 0) is 38.1 Å². The summed E-state index contributed by atoms with van der Waals surface area (Å²) in [5.74, 6) is -0.346. The highest BCUT2D eigenvalue weighted by Crippen LogP contribution is 2.20. The number of fused-ring (bicyclic) bond motifs is 2. The highest BCUT2D eigenvalue weighted by molar-refractivity contribution is 6.07. The van der Waals surface area contributed by atoms with Gasteiger partial charge in [0.25, 0.3) is 11.5 Å². The number of benzene rings is 1. The molecule has 4 rings (SSSR count). The van der Waals surface area contributed by atoms with E-state index in [4.69, 9.17) is 0 Å². The van der Waals surface area contributed by atoms with Crippen molar-refractivity contribution >= 4 is 33.5 Å². The van der Waals surface area contributed by atoms with Gasteiger partial charge in [0.15, 0.2) is 0 Å². The molecular weight excluding hydrogens is 370 g/mol. The largest absolute Gasteiger partial charge is 0.332 e. The van der Waals surface area contributed by atoms with Gasteiger partial charge in [-0.2, -0.15) is 0 Å². The van der Waals surface area contributed by atoms with Crippen LogP contribution in [0.3, 0.4) is 0 Å². The van der Waals surface area contributed by atoms with Crippen LogP contribution in [-0.2, 0) is 14.1 Å². The summed E-state index contributed by atoms with van der Waals surface area (Å²) in [7, 11) is 2.95. The summed E-state index contributed by atoms with van der Waals surface area (Å²) in [5, 5.41) is 3.90. The van der Waals surface area contributed by atoms with Crippen LogP contribution in [0.15, 0.2) is 46.1 Å². The van der Waals surface area contributed by atoms with Crippen molar-refractivity contribution in [3.8, 4) is 0 Å². The molecule has 0 unspecified atom stereocenters. The maximum absolute atomic E-state index is 12.9. The van der Waals surface area contributed by atoms with E-state index < -0.39 is 11.2 Å². The number of hydrogen-bond acceptors (Lipinski definition) is 5. The molecule has 3 heterocycles. The third-order valence-electron chi connectivity index (χ3n) is 4.96. The van der Waals surface area contributed by atoms with Crippen LogP contribution in [-0.4, -0.2) is 25.0 Å². The normalized spacial score (nSPS) is 11.2. The quantitative estimate of drug-likeness (QED) is 0.566. The molecule has 146 valence electrons. The summed E-state index contributed by atoms with van der Waals surface area (Å²) in [5.41, 5.74) is 2.64. The van der Waals surface area contributed by atoms with E-state index in [0.717, 1.165) is 21.0 Å². The monoisotopic (exact) mass is 389 g/mol. The second-order valence-corrected chi connectivity index (χ2v) is 7.07. The molecule has 0 aliphatic carbocycles. The molecule has 8 nitrogen and oxygen atoms in total. The first-order valence-electron chi connectivity index (χ1n) is 9.01. The Morgan fingerprint density at radius 3 is 2.55 bits per heavy atom. The Labute approximate surface area is 165 Å². The predicted octanol–water partition coefficient (Wildman–Crippen LogP) is 2.05. The molecule has 8 heteroatoms. The van der Waals surface area contributed by atoms with Crippen LogP contribution in [0.2, 0.25) is 0 Å². The molecule has 0 atom stereocenters. The van der Waals surface area contributed by atoms with E-state index in [1.165, 1.54) is 23.9 Å². The van der Waals surface area contributed by atoms with Crippen LogP contribution in [0.25, 0.3) is 21.9 Å². The Kier molecular flexibility index (Phi) is 4.26. The molecule has 0 radical (unpaired) electrons. The number of carbonyl (C=O) groups excluding carboxylic acids is 1. The van der Waals surface area contributed by atoms with Gasteiger partial charge in [-0.3, -0.25) is 23.7 Å². The molecular formula is C21H19N5O3. The number of rotatable bonds is 2. The van der Waals surface area contributed by atoms with Gasteiger partial charge in [-0.1, -0.05) is 11.6 Å². The number of aryl methyl sites for hydroxylation is 3. The molecule has 0 saturated carbocycles. The minimum atomic E-state index is -0.467. The first-order chi connectivity index (χ1) is 13.8. The Morgan fingerprint density at radius 1 is 1.03 bits per heavy atom. The van der Waals surface area contributed by atoms with E-state index in [9.17, 15) is 14.4 Å². The lowest BCUT2D eigenvalue weighted by molar-refractivity contribution is 0.102. The SMILES string of the molecule is Cc1ccc2nc(C)c(C(=O)Nc3cnc4c(c3)c(=O)n(C)c(=O)n4C)cc2c1. The average Bonchev–Trinajstić information content (AvgIpc) is 2.70. The Morgan fingerprint density at radius 2 is 1.79 bits per heavy atom. The van der Waals surface area contributed by atoms with E-state index in [1.54, 1.807) is 20.0 Å². The van der Waals surface area contributed by atoms with Crippen molar-refractivity contribution < 1.29 is 4.79 Å². The first-order valence-corrected chi connectivity index (χ1v) is 9.01. The van der Waals surface area contributed by atoms with Crippen molar-refractivity contribution in [2.45, 2.75) is 13.8 Å².